The lowest BCUT2D eigenvalue weighted by Gasteiger charge is -2.14. The predicted octanol–water partition coefficient (Wildman–Crippen LogP) is 1.98. The van der Waals surface area contributed by atoms with Gasteiger partial charge in [-0.2, -0.15) is 13.2 Å². The number of allylic oxidation sites excluding steroid dienone is 1. The predicted molar refractivity (Wildman–Crippen MR) is 38.8 cm³/mol. The average Bonchev–Trinajstić information content (AvgIpc) is 2.00. The van der Waals surface area contributed by atoms with E-state index in [0.717, 1.165) is 6.08 Å². The summed E-state index contributed by atoms with van der Waals surface area (Å²) in [6.07, 6.45) is -1.27. The smallest absolute Gasteiger partial charge is 0.409 e. The second-order valence-corrected chi connectivity index (χ2v) is 2.51. The summed E-state index contributed by atoms with van der Waals surface area (Å²) in [7, 11) is 0. The maximum atomic E-state index is 11.7. The molecule has 1 rings (SSSR count). The standard InChI is InChI=1S/C8H7F3O2/c9-8(10,11)5-4-6-2-1-3-7(12)13-6/h1,3-6H,2H2/b5-4+. The van der Waals surface area contributed by atoms with Gasteiger partial charge in [-0.05, 0) is 6.08 Å². The molecule has 0 N–H and O–H groups in total. The van der Waals surface area contributed by atoms with Gasteiger partial charge in [0, 0.05) is 18.6 Å². The van der Waals surface area contributed by atoms with Crippen molar-refractivity contribution < 1.29 is 22.7 Å². The van der Waals surface area contributed by atoms with Gasteiger partial charge in [0.2, 0.25) is 0 Å². The molecule has 1 unspecified atom stereocenters. The van der Waals surface area contributed by atoms with E-state index in [0.29, 0.717) is 6.42 Å². The van der Waals surface area contributed by atoms with Crippen LogP contribution >= 0.6 is 0 Å². The van der Waals surface area contributed by atoms with Crippen molar-refractivity contribution in [1.29, 1.82) is 0 Å². The maximum Gasteiger partial charge on any atom is 0.409 e. The van der Waals surface area contributed by atoms with E-state index < -0.39 is 18.2 Å². The van der Waals surface area contributed by atoms with Crippen LogP contribution in [-0.2, 0) is 9.53 Å². The highest BCUT2D eigenvalue weighted by atomic mass is 19.4. The first kappa shape index (κ1) is 9.83. The highest BCUT2D eigenvalue weighted by molar-refractivity contribution is 5.82. The van der Waals surface area contributed by atoms with Gasteiger partial charge in [-0.25, -0.2) is 4.79 Å². The van der Waals surface area contributed by atoms with E-state index in [2.05, 4.69) is 4.74 Å². The molecule has 5 heteroatoms. The Labute approximate surface area is 72.7 Å². The number of halogens is 3. The topological polar surface area (TPSA) is 26.3 Å². The van der Waals surface area contributed by atoms with Crippen molar-refractivity contribution in [3.8, 4) is 0 Å². The molecule has 0 bridgehead atoms. The summed E-state index contributed by atoms with van der Waals surface area (Å²) in [6, 6.07) is 0. The van der Waals surface area contributed by atoms with E-state index in [1.807, 2.05) is 0 Å². The summed E-state index contributed by atoms with van der Waals surface area (Å²) >= 11 is 0. The van der Waals surface area contributed by atoms with Crippen molar-refractivity contribution in [3.63, 3.8) is 0 Å². The van der Waals surface area contributed by atoms with E-state index in [1.165, 1.54) is 12.2 Å². The van der Waals surface area contributed by atoms with Crippen LogP contribution in [0.5, 0.6) is 0 Å². The van der Waals surface area contributed by atoms with Crippen molar-refractivity contribution >= 4 is 5.97 Å². The Balaban J connectivity index is 2.51. The molecule has 1 heterocycles. The van der Waals surface area contributed by atoms with Gasteiger partial charge >= 0.3 is 12.1 Å². The van der Waals surface area contributed by atoms with Crippen LogP contribution in [0.1, 0.15) is 6.42 Å². The lowest BCUT2D eigenvalue weighted by Crippen LogP contribution is -2.18. The minimum atomic E-state index is -4.35. The fourth-order valence-electron chi connectivity index (χ4n) is 0.869. The number of alkyl halides is 3. The summed E-state index contributed by atoms with van der Waals surface area (Å²) in [5, 5.41) is 0. The number of carbonyl (C=O) groups excluding carboxylic acids is 1. The number of carbonyl (C=O) groups is 1. The van der Waals surface area contributed by atoms with Gasteiger partial charge in [0.25, 0.3) is 0 Å². The Kier molecular flexibility index (Phi) is 2.75. The molecule has 13 heavy (non-hydrogen) atoms. The summed E-state index contributed by atoms with van der Waals surface area (Å²) in [4.78, 5) is 10.6. The molecule has 0 saturated heterocycles. The second-order valence-electron chi connectivity index (χ2n) is 2.51. The van der Waals surface area contributed by atoms with Crippen molar-refractivity contribution in [3.05, 3.63) is 24.3 Å². The molecular formula is C8H7F3O2. The Morgan fingerprint density at radius 2 is 2.23 bits per heavy atom. The molecule has 0 aliphatic carbocycles. The van der Waals surface area contributed by atoms with Crippen LogP contribution in [0, 0.1) is 0 Å². The summed E-state index contributed by atoms with van der Waals surface area (Å²) in [5.41, 5.74) is 0. The lowest BCUT2D eigenvalue weighted by molar-refractivity contribution is -0.142. The minimum Gasteiger partial charge on any atom is -0.455 e. The first-order chi connectivity index (χ1) is 5.97. The van der Waals surface area contributed by atoms with Gasteiger partial charge in [0.05, 0.1) is 0 Å². The Bertz CT molecular complexity index is 253. The first-order valence-electron chi connectivity index (χ1n) is 3.60. The summed E-state index contributed by atoms with van der Waals surface area (Å²) in [6.45, 7) is 0. The molecule has 1 atom stereocenters. The minimum absolute atomic E-state index is 0.0735. The Hall–Kier alpha value is -1.26. The zero-order chi connectivity index (χ0) is 9.90. The molecule has 72 valence electrons. The Morgan fingerprint density at radius 1 is 1.54 bits per heavy atom. The second kappa shape index (κ2) is 3.64. The third-order valence-corrected chi connectivity index (χ3v) is 1.39. The Morgan fingerprint density at radius 3 is 2.77 bits per heavy atom. The highest BCUT2D eigenvalue weighted by Gasteiger charge is 2.23. The van der Waals surface area contributed by atoms with E-state index >= 15 is 0 Å². The van der Waals surface area contributed by atoms with Gasteiger partial charge in [-0.1, -0.05) is 6.08 Å². The number of cyclic esters (lactones) is 1. The molecule has 0 aromatic heterocycles. The molecule has 0 amide bonds. The van der Waals surface area contributed by atoms with Crippen molar-refractivity contribution in [2.75, 3.05) is 0 Å². The van der Waals surface area contributed by atoms with Crippen LogP contribution in [0.4, 0.5) is 13.2 Å². The summed E-state index contributed by atoms with van der Waals surface area (Å²) < 4.78 is 39.6. The average molecular weight is 192 g/mol. The van der Waals surface area contributed by atoms with Gasteiger partial charge in [-0.15, -0.1) is 0 Å². The summed E-state index contributed by atoms with van der Waals surface area (Å²) in [5.74, 6) is -0.608. The molecule has 0 saturated carbocycles. The normalized spacial score (nSPS) is 23.6. The van der Waals surface area contributed by atoms with E-state index in [9.17, 15) is 18.0 Å². The monoisotopic (exact) mass is 192 g/mol. The largest absolute Gasteiger partial charge is 0.455 e. The van der Waals surface area contributed by atoms with Crippen LogP contribution in [0.3, 0.4) is 0 Å². The lowest BCUT2D eigenvalue weighted by atomic mass is 10.2. The molecular weight excluding hydrogens is 185 g/mol. The number of hydrogen-bond acceptors (Lipinski definition) is 2. The maximum absolute atomic E-state index is 11.7. The quantitative estimate of drug-likeness (QED) is 0.469. The van der Waals surface area contributed by atoms with E-state index in [4.69, 9.17) is 0 Å². The van der Waals surface area contributed by atoms with Gasteiger partial charge < -0.3 is 4.74 Å². The molecule has 0 aromatic carbocycles. The van der Waals surface area contributed by atoms with Crippen molar-refractivity contribution in [2.24, 2.45) is 0 Å². The highest BCUT2D eigenvalue weighted by Crippen LogP contribution is 2.18. The molecule has 1 aliphatic heterocycles. The zero-order valence-electron chi connectivity index (χ0n) is 6.54. The van der Waals surface area contributed by atoms with Gasteiger partial charge in [-0.3, -0.25) is 0 Å². The third-order valence-electron chi connectivity index (χ3n) is 1.39. The molecule has 0 radical (unpaired) electrons. The van der Waals surface area contributed by atoms with E-state index in [1.54, 1.807) is 0 Å². The van der Waals surface area contributed by atoms with Crippen LogP contribution in [0.15, 0.2) is 24.3 Å². The number of rotatable bonds is 1. The molecule has 1 aliphatic rings. The van der Waals surface area contributed by atoms with Gasteiger partial charge in [0.15, 0.2) is 0 Å². The SMILES string of the molecule is O=C1C=CCC(/C=C/C(F)(F)F)O1. The third kappa shape index (κ3) is 3.78. The van der Waals surface area contributed by atoms with Crippen LogP contribution in [0.25, 0.3) is 0 Å². The van der Waals surface area contributed by atoms with Crippen LogP contribution in [-0.4, -0.2) is 18.2 Å². The van der Waals surface area contributed by atoms with Gasteiger partial charge in [0.1, 0.15) is 6.10 Å². The van der Waals surface area contributed by atoms with Crippen molar-refractivity contribution in [2.45, 2.75) is 18.7 Å². The van der Waals surface area contributed by atoms with Crippen molar-refractivity contribution in [1.82, 2.24) is 0 Å². The number of ether oxygens (including phenoxy) is 1. The number of hydrogen-bond donors (Lipinski definition) is 0. The fourth-order valence-corrected chi connectivity index (χ4v) is 0.869. The molecule has 0 spiro atoms. The van der Waals surface area contributed by atoms with E-state index in [-0.39, 0.29) is 6.08 Å². The van der Waals surface area contributed by atoms with Crippen LogP contribution in [0.2, 0.25) is 0 Å². The first-order valence-corrected chi connectivity index (χ1v) is 3.60. The van der Waals surface area contributed by atoms with Crippen LogP contribution < -0.4 is 0 Å². The molecule has 0 fully saturated rings. The fraction of sp³-hybridized carbons (Fsp3) is 0.375. The zero-order valence-corrected chi connectivity index (χ0v) is 6.54. The molecule has 2 nitrogen and oxygen atoms in total. The molecule has 0 aromatic rings. The number of esters is 1.